The third-order valence-electron chi connectivity index (χ3n) is 3.60. The highest BCUT2D eigenvalue weighted by Crippen LogP contribution is 2.30. The molecule has 4 nitrogen and oxygen atoms in total. The smallest absolute Gasteiger partial charge is 0.127 e. The van der Waals surface area contributed by atoms with E-state index in [1.807, 2.05) is 44.2 Å². The van der Waals surface area contributed by atoms with Crippen molar-refractivity contribution >= 4 is 5.69 Å². The van der Waals surface area contributed by atoms with Crippen molar-refractivity contribution in [1.82, 2.24) is 0 Å². The lowest BCUT2D eigenvalue weighted by Gasteiger charge is -2.14. The summed E-state index contributed by atoms with van der Waals surface area (Å²) in [5.74, 6) is 1.87. The lowest BCUT2D eigenvalue weighted by atomic mass is 10.1. The number of phenols is 1. The zero-order valence-electron chi connectivity index (χ0n) is 12.9. The molecule has 21 heavy (non-hydrogen) atoms. The van der Waals surface area contributed by atoms with Crippen LogP contribution in [-0.2, 0) is 6.54 Å². The minimum Gasteiger partial charge on any atom is -0.507 e. The van der Waals surface area contributed by atoms with Crippen LogP contribution in [0.25, 0.3) is 0 Å². The highest BCUT2D eigenvalue weighted by molar-refractivity contribution is 5.59. The molecule has 2 aromatic carbocycles. The third-order valence-corrected chi connectivity index (χ3v) is 3.60. The van der Waals surface area contributed by atoms with Crippen molar-refractivity contribution in [2.45, 2.75) is 20.4 Å². The van der Waals surface area contributed by atoms with Gasteiger partial charge in [0.1, 0.15) is 17.2 Å². The van der Waals surface area contributed by atoms with Crippen LogP contribution in [0.5, 0.6) is 17.2 Å². The molecule has 112 valence electrons. The Morgan fingerprint density at radius 1 is 1.05 bits per heavy atom. The molecule has 0 radical (unpaired) electrons. The van der Waals surface area contributed by atoms with Crippen LogP contribution in [0.15, 0.2) is 30.3 Å². The lowest BCUT2D eigenvalue weighted by molar-refractivity contribution is 0.391. The van der Waals surface area contributed by atoms with Crippen LogP contribution in [-0.4, -0.2) is 19.3 Å². The van der Waals surface area contributed by atoms with Gasteiger partial charge in [-0.25, -0.2) is 0 Å². The number of ether oxygens (including phenoxy) is 2. The number of methoxy groups -OCH3 is 2. The van der Waals surface area contributed by atoms with Gasteiger partial charge in [0.2, 0.25) is 0 Å². The largest absolute Gasteiger partial charge is 0.507 e. The van der Waals surface area contributed by atoms with Crippen molar-refractivity contribution in [2.24, 2.45) is 0 Å². The Kier molecular flexibility index (Phi) is 4.58. The maximum atomic E-state index is 9.97. The number of rotatable bonds is 5. The molecule has 0 saturated heterocycles. The molecule has 0 bridgehead atoms. The van der Waals surface area contributed by atoms with Gasteiger partial charge in [-0.2, -0.15) is 0 Å². The van der Waals surface area contributed by atoms with Gasteiger partial charge in [-0.15, -0.1) is 0 Å². The quantitative estimate of drug-likeness (QED) is 0.881. The number of phenolic OH excluding ortho intramolecular Hbond substituents is 1. The van der Waals surface area contributed by atoms with E-state index in [9.17, 15) is 5.11 Å². The molecule has 0 heterocycles. The van der Waals surface area contributed by atoms with Crippen molar-refractivity contribution < 1.29 is 14.6 Å². The standard InChI is InChI=1S/C17H21NO3/c1-11-5-8-15(12(2)17(11)19)18-10-13-6-7-14(20-3)9-16(13)21-4/h5-9,18-19H,10H2,1-4H3. The van der Waals surface area contributed by atoms with Crippen LogP contribution in [0.3, 0.4) is 0 Å². The highest BCUT2D eigenvalue weighted by Gasteiger charge is 2.08. The molecule has 2 aromatic rings. The minimum atomic E-state index is 0.335. The van der Waals surface area contributed by atoms with Gasteiger partial charge in [0.15, 0.2) is 0 Å². The maximum Gasteiger partial charge on any atom is 0.127 e. The number of nitrogens with one attached hydrogen (secondary N) is 1. The Hall–Kier alpha value is -2.36. The topological polar surface area (TPSA) is 50.7 Å². The molecule has 2 N–H and O–H groups in total. The van der Waals surface area contributed by atoms with Crippen LogP contribution in [0.2, 0.25) is 0 Å². The van der Waals surface area contributed by atoms with Gasteiger partial charge in [0.05, 0.1) is 14.2 Å². The van der Waals surface area contributed by atoms with E-state index in [0.29, 0.717) is 12.3 Å². The molecule has 0 spiro atoms. The predicted molar refractivity (Wildman–Crippen MR) is 84.5 cm³/mol. The molecule has 2 rings (SSSR count). The molecular formula is C17H21NO3. The minimum absolute atomic E-state index is 0.335. The summed E-state index contributed by atoms with van der Waals surface area (Å²) in [4.78, 5) is 0. The number of hydrogen-bond donors (Lipinski definition) is 2. The monoisotopic (exact) mass is 287 g/mol. The summed E-state index contributed by atoms with van der Waals surface area (Å²) in [6.45, 7) is 4.39. The summed E-state index contributed by atoms with van der Waals surface area (Å²) in [5, 5.41) is 13.3. The number of benzene rings is 2. The first-order valence-electron chi connectivity index (χ1n) is 6.80. The van der Waals surface area contributed by atoms with E-state index in [-0.39, 0.29) is 0 Å². The molecule has 0 aliphatic heterocycles. The Labute approximate surface area is 125 Å². The van der Waals surface area contributed by atoms with Crippen molar-refractivity contribution in [1.29, 1.82) is 0 Å². The van der Waals surface area contributed by atoms with Crippen LogP contribution in [0, 0.1) is 13.8 Å². The first kappa shape index (κ1) is 15.0. The molecule has 0 atom stereocenters. The van der Waals surface area contributed by atoms with Gasteiger partial charge < -0.3 is 19.9 Å². The van der Waals surface area contributed by atoms with E-state index in [1.54, 1.807) is 14.2 Å². The first-order chi connectivity index (χ1) is 10.1. The van der Waals surface area contributed by atoms with E-state index < -0.39 is 0 Å². The Balaban J connectivity index is 2.18. The molecule has 0 aliphatic carbocycles. The number of aromatic hydroxyl groups is 1. The van der Waals surface area contributed by atoms with Gasteiger partial charge in [-0.1, -0.05) is 6.07 Å². The van der Waals surface area contributed by atoms with E-state index in [0.717, 1.165) is 33.9 Å². The zero-order chi connectivity index (χ0) is 15.4. The maximum absolute atomic E-state index is 9.97. The van der Waals surface area contributed by atoms with Crippen LogP contribution in [0.1, 0.15) is 16.7 Å². The van der Waals surface area contributed by atoms with E-state index >= 15 is 0 Å². The summed E-state index contributed by atoms with van der Waals surface area (Å²) in [6.07, 6.45) is 0. The summed E-state index contributed by atoms with van der Waals surface area (Å²) >= 11 is 0. The number of anilines is 1. The Morgan fingerprint density at radius 2 is 1.81 bits per heavy atom. The van der Waals surface area contributed by atoms with Crippen molar-refractivity contribution in [2.75, 3.05) is 19.5 Å². The van der Waals surface area contributed by atoms with Crippen LogP contribution in [0.4, 0.5) is 5.69 Å². The zero-order valence-corrected chi connectivity index (χ0v) is 12.9. The highest BCUT2D eigenvalue weighted by atomic mass is 16.5. The molecule has 4 heteroatoms. The molecule has 0 unspecified atom stereocenters. The SMILES string of the molecule is COc1ccc(CNc2ccc(C)c(O)c2C)c(OC)c1. The van der Waals surface area contributed by atoms with Crippen LogP contribution < -0.4 is 14.8 Å². The van der Waals surface area contributed by atoms with E-state index in [4.69, 9.17) is 9.47 Å². The fraction of sp³-hybridized carbons (Fsp3) is 0.294. The lowest BCUT2D eigenvalue weighted by Crippen LogP contribution is -2.03. The molecule has 0 aliphatic rings. The average Bonchev–Trinajstić information content (AvgIpc) is 2.52. The fourth-order valence-corrected chi connectivity index (χ4v) is 2.22. The normalized spacial score (nSPS) is 10.3. The van der Waals surface area contributed by atoms with Crippen LogP contribution >= 0.6 is 0 Å². The number of hydrogen-bond acceptors (Lipinski definition) is 4. The van der Waals surface area contributed by atoms with Gasteiger partial charge in [-0.05, 0) is 37.6 Å². The van der Waals surface area contributed by atoms with Gasteiger partial charge in [0.25, 0.3) is 0 Å². The molecule has 0 aromatic heterocycles. The molecule has 0 saturated carbocycles. The summed E-state index contributed by atoms with van der Waals surface area (Å²) in [7, 11) is 3.27. The second-order valence-corrected chi connectivity index (χ2v) is 4.93. The van der Waals surface area contributed by atoms with Crippen molar-refractivity contribution in [3.8, 4) is 17.2 Å². The summed E-state index contributed by atoms with van der Waals surface area (Å²) in [5.41, 5.74) is 3.66. The van der Waals surface area contributed by atoms with E-state index in [2.05, 4.69) is 5.32 Å². The molecule has 0 amide bonds. The fourth-order valence-electron chi connectivity index (χ4n) is 2.22. The van der Waals surface area contributed by atoms with E-state index in [1.165, 1.54) is 0 Å². The van der Waals surface area contributed by atoms with Crippen molar-refractivity contribution in [3.05, 3.63) is 47.0 Å². The second-order valence-electron chi connectivity index (χ2n) is 4.93. The summed E-state index contributed by atoms with van der Waals surface area (Å²) < 4.78 is 10.6. The Morgan fingerprint density at radius 3 is 2.48 bits per heavy atom. The van der Waals surface area contributed by atoms with Gasteiger partial charge >= 0.3 is 0 Å². The second kappa shape index (κ2) is 6.39. The average molecular weight is 287 g/mol. The van der Waals surface area contributed by atoms with Crippen molar-refractivity contribution in [3.63, 3.8) is 0 Å². The third kappa shape index (κ3) is 3.21. The first-order valence-corrected chi connectivity index (χ1v) is 6.80. The number of aryl methyl sites for hydroxylation is 1. The summed E-state index contributed by atoms with van der Waals surface area (Å²) in [6, 6.07) is 9.60. The molecule has 0 fully saturated rings. The van der Waals surface area contributed by atoms with Gasteiger partial charge in [-0.3, -0.25) is 0 Å². The molecular weight excluding hydrogens is 266 g/mol. The van der Waals surface area contributed by atoms with Gasteiger partial charge in [0, 0.05) is 29.4 Å². The predicted octanol–water partition coefficient (Wildman–Crippen LogP) is 3.64. The Bertz CT molecular complexity index is 638.